The van der Waals surface area contributed by atoms with E-state index in [0.29, 0.717) is 5.15 Å². The minimum absolute atomic E-state index is 0.532. The lowest BCUT2D eigenvalue weighted by molar-refractivity contribution is 1.23. The third kappa shape index (κ3) is 1.45. The van der Waals surface area contributed by atoms with E-state index >= 15 is 0 Å². The molecule has 0 aliphatic heterocycles. The molecular formula is C10H5ClN2S2. The summed E-state index contributed by atoms with van der Waals surface area (Å²) in [5.41, 5.74) is 1.13. The van der Waals surface area contributed by atoms with Gasteiger partial charge in [0.2, 0.25) is 0 Å². The monoisotopic (exact) mass is 252 g/mol. The summed E-state index contributed by atoms with van der Waals surface area (Å²) >= 11 is 9.37. The van der Waals surface area contributed by atoms with Crippen LogP contribution >= 0.6 is 34.3 Å². The van der Waals surface area contributed by atoms with Gasteiger partial charge in [-0.3, -0.25) is 0 Å². The molecule has 0 radical (unpaired) electrons. The van der Waals surface area contributed by atoms with Crippen molar-refractivity contribution >= 4 is 44.5 Å². The second-order valence-electron chi connectivity index (χ2n) is 2.97. The van der Waals surface area contributed by atoms with Crippen LogP contribution in [0.1, 0.15) is 0 Å². The van der Waals surface area contributed by atoms with Crippen LogP contribution in [0.2, 0.25) is 5.15 Å². The van der Waals surface area contributed by atoms with E-state index in [-0.39, 0.29) is 0 Å². The van der Waals surface area contributed by atoms with E-state index in [0.717, 1.165) is 15.8 Å². The molecule has 0 amide bonds. The standard InChI is InChI=1S/C10H5ClN2S2/c11-9-8-6(7-2-1-3-14-7)4-15-10(8)13-5-12-9/h1-5H. The zero-order valence-electron chi connectivity index (χ0n) is 7.48. The van der Waals surface area contributed by atoms with Crippen LogP contribution in [0, 0.1) is 0 Å². The molecule has 0 bridgehead atoms. The first-order chi connectivity index (χ1) is 7.36. The van der Waals surface area contributed by atoms with Crippen molar-refractivity contribution in [2.45, 2.75) is 0 Å². The first kappa shape index (κ1) is 9.27. The quantitative estimate of drug-likeness (QED) is 0.610. The van der Waals surface area contributed by atoms with Crippen LogP contribution in [0.15, 0.2) is 29.2 Å². The average molecular weight is 253 g/mol. The largest absolute Gasteiger partial charge is 0.225 e. The lowest BCUT2D eigenvalue weighted by Gasteiger charge is -1.96. The van der Waals surface area contributed by atoms with Gasteiger partial charge in [-0.2, -0.15) is 0 Å². The first-order valence-corrected chi connectivity index (χ1v) is 6.41. The molecule has 0 saturated heterocycles. The Balaban J connectivity index is 2.37. The number of thiophene rings is 2. The summed E-state index contributed by atoms with van der Waals surface area (Å²) in [4.78, 5) is 10.4. The maximum Gasteiger partial charge on any atom is 0.141 e. The highest BCUT2D eigenvalue weighted by atomic mass is 35.5. The molecule has 3 rings (SSSR count). The summed E-state index contributed by atoms with van der Waals surface area (Å²) < 4.78 is 0. The predicted molar refractivity (Wildman–Crippen MR) is 65.7 cm³/mol. The van der Waals surface area contributed by atoms with Crippen LogP contribution in [-0.4, -0.2) is 9.97 Å². The van der Waals surface area contributed by atoms with Crippen molar-refractivity contribution in [2.75, 3.05) is 0 Å². The zero-order chi connectivity index (χ0) is 10.3. The van der Waals surface area contributed by atoms with Crippen molar-refractivity contribution in [3.8, 4) is 10.4 Å². The highest BCUT2D eigenvalue weighted by Crippen LogP contribution is 2.37. The van der Waals surface area contributed by atoms with Gasteiger partial charge in [0.1, 0.15) is 16.3 Å². The van der Waals surface area contributed by atoms with Gasteiger partial charge in [-0.05, 0) is 11.4 Å². The summed E-state index contributed by atoms with van der Waals surface area (Å²) in [5, 5.41) is 5.63. The van der Waals surface area contributed by atoms with E-state index < -0.39 is 0 Å². The van der Waals surface area contributed by atoms with Crippen molar-refractivity contribution in [3.63, 3.8) is 0 Å². The fraction of sp³-hybridized carbons (Fsp3) is 0. The van der Waals surface area contributed by atoms with Gasteiger partial charge in [0.15, 0.2) is 0 Å². The molecule has 0 atom stereocenters. The Morgan fingerprint density at radius 1 is 1.20 bits per heavy atom. The van der Waals surface area contributed by atoms with Gasteiger partial charge in [0.05, 0.1) is 5.39 Å². The molecule has 3 heterocycles. The van der Waals surface area contributed by atoms with Crippen LogP contribution in [0.25, 0.3) is 20.7 Å². The fourth-order valence-electron chi connectivity index (χ4n) is 1.45. The summed E-state index contributed by atoms with van der Waals surface area (Å²) in [6.07, 6.45) is 1.50. The van der Waals surface area contributed by atoms with E-state index in [1.54, 1.807) is 22.7 Å². The Kier molecular flexibility index (Phi) is 2.20. The van der Waals surface area contributed by atoms with Crippen molar-refractivity contribution in [1.29, 1.82) is 0 Å². The van der Waals surface area contributed by atoms with Crippen LogP contribution in [0.5, 0.6) is 0 Å². The molecule has 0 aliphatic rings. The number of halogens is 1. The molecule has 0 unspecified atom stereocenters. The van der Waals surface area contributed by atoms with Gasteiger partial charge in [-0.15, -0.1) is 22.7 Å². The Morgan fingerprint density at radius 2 is 2.13 bits per heavy atom. The molecule has 5 heteroatoms. The van der Waals surface area contributed by atoms with Crippen LogP contribution in [0.4, 0.5) is 0 Å². The van der Waals surface area contributed by atoms with Crippen molar-refractivity contribution < 1.29 is 0 Å². The molecule has 3 aromatic rings. The fourth-order valence-corrected chi connectivity index (χ4v) is 3.47. The molecule has 15 heavy (non-hydrogen) atoms. The summed E-state index contributed by atoms with van der Waals surface area (Å²) in [6, 6.07) is 4.11. The molecule has 0 aromatic carbocycles. The Morgan fingerprint density at radius 3 is 2.93 bits per heavy atom. The van der Waals surface area contributed by atoms with Crippen molar-refractivity contribution in [3.05, 3.63) is 34.4 Å². The maximum atomic E-state index is 6.08. The molecular weight excluding hydrogens is 248 g/mol. The molecule has 0 aliphatic carbocycles. The number of fused-ring (bicyclic) bond motifs is 1. The normalized spacial score (nSPS) is 11.0. The second-order valence-corrected chi connectivity index (χ2v) is 5.14. The Bertz CT molecular complexity index is 601. The summed E-state index contributed by atoms with van der Waals surface area (Å²) in [7, 11) is 0. The average Bonchev–Trinajstić information content (AvgIpc) is 2.85. The summed E-state index contributed by atoms with van der Waals surface area (Å²) in [5.74, 6) is 0. The van der Waals surface area contributed by atoms with Gasteiger partial charge in [-0.1, -0.05) is 17.7 Å². The lowest BCUT2D eigenvalue weighted by Crippen LogP contribution is -1.79. The third-order valence-corrected chi connectivity index (χ3v) is 4.19. The highest BCUT2D eigenvalue weighted by molar-refractivity contribution is 7.18. The van der Waals surface area contributed by atoms with E-state index in [1.807, 2.05) is 6.07 Å². The smallest absolute Gasteiger partial charge is 0.141 e. The highest BCUT2D eigenvalue weighted by Gasteiger charge is 2.11. The lowest BCUT2D eigenvalue weighted by atomic mass is 10.2. The van der Waals surface area contributed by atoms with E-state index in [9.17, 15) is 0 Å². The van der Waals surface area contributed by atoms with Gasteiger partial charge >= 0.3 is 0 Å². The second kappa shape index (κ2) is 3.56. The molecule has 0 saturated carbocycles. The molecule has 0 fully saturated rings. The Labute approximate surface area is 99.2 Å². The van der Waals surface area contributed by atoms with Gasteiger partial charge in [0, 0.05) is 15.8 Å². The topological polar surface area (TPSA) is 25.8 Å². The molecule has 3 aromatic heterocycles. The SMILES string of the molecule is Clc1ncnc2scc(-c3cccs3)c12. The number of rotatable bonds is 1. The maximum absolute atomic E-state index is 6.08. The molecule has 74 valence electrons. The van der Waals surface area contributed by atoms with E-state index in [1.165, 1.54) is 11.2 Å². The van der Waals surface area contributed by atoms with Crippen LogP contribution in [0.3, 0.4) is 0 Å². The third-order valence-electron chi connectivity index (χ3n) is 2.11. The van der Waals surface area contributed by atoms with E-state index in [2.05, 4.69) is 26.8 Å². The van der Waals surface area contributed by atoms with Crippen LogP contribution < -0.4 is 0 Å². The minimum atomic E-state index is 0.532. The van der Waals surface area contributed by atoms with Gasteiger partial charge in [-0.25, -0.2) is 9.97 Å². The van der Waals surface area contributed by atoms with Crippen molar-refractivity contribution in [2.24, 2.45) is 0 Å². The molecule has 0 spiro atoms. The predicted octanol–water partition coefficient (Wildman–Crippen LogP) is 4.07. The summed E-state index contributed by atoms with van der Waals surface area (Å²) in [6.45, 7) is 0. The van der Waals surface area contributed by atoms with Gasteiger partial charge in [0.25, 0.3) is 0 Å². The van der Waals surface area contributed by atoms with Crippen molar-refractivity contribution in [1.82, 2.24) is 9.97 Å². The number of hydrogen-bond donors (Lipinski definition) is 0. The van der Waals surface area contributed by atoms with E-state index in [4.69, 9.17) is 11.6 Å². The Hall–Kier alpha value is -0.970. The van der Waals surface area contributed by atoms with Gasteiger partial charge < -0.3 is 0 Å². The number of aromatic nitrogens is 2. The number of hydrogen-bond acceptors (Lipinski definition) is 4. The molecule has 2 nitrogen and oxygen atoms in total. The molecule has 0 N–H and O–H groups in total. The first-order valence-electron chi connectivity index (χ1n) is 4.28. The zero-order valence-corrected chi connectivity index (χ0v) is 9.86. The minimum Gasteiger partial charge on any atom is -0.225 e. The number of nitrogens with zero attached hydrogens (tertiary/aromatic N) is 2. The van der Waals surface area contributed by atoms with Crippen LogP contribution in [-0.2, 0) is 0 Å².